The number of hydrogen-bond acceptors (Lipinski definition) is 3. The maximum atomic E-state index is 12.5. The molecular formula is C16H25ClN2O2. The van der Waals surface area contributed by atoms with Gasteiger partial charge in [0.15, 0.2) is 0 Å². The first kappa shape index (κ1) is 17.8. The normalized spacial score (nSPS) is 16.2. The molecule has 118 valence electrons. The number of hydrogen-bond donors (Lipinski definition) is 1. The molecule has 0 aromatic heterocycles. The lowest BCUT2D eigenvalue weighted by Crippen LogP contribution is -2.52. The van der Waals surface area contributed by atoms with Gasteiger partial charge in [0.05, 0.1) is 12.6 Å². The van der Waals surface area contributed by atoms with E-state index in [1.807, 2.05) is 26.1 Å². The summed E-state index contributed by atoms with van der Waals surface area (Å²) in [6.07, 6.45) is 3.71. The summed E-state index contributed by atoms with van der Waals surface area (Å²) in [5.74, 6) is 0.928. The Labute approximate surface area is 133 Å². The lowest BCUT2D eigenvalue weighted by atomic mass is 9.97. The quantitative estimate of drug-likeness (QED) is 0.930. The fourth-order valence-corrected chi connectivity index (χ4v) is 2.98. The molecule has 0 heterocycles. The van der Waals surface area contributed by atoms with Crippen LogP contribution in [-0.2, 0) is 11.3 Å². The number of benzene rings is 1. The highest BCUT2D eigenvalue weighted by Gasteiger charge is 2.38. The molecule has 0 bridgehead atoms. The first-order valence-electron chi connectivity index (χ1n) is 7.14. The van der Waals surface area contributed by atoms with Crippen LogP contribution >= 0.6 is 12.4 Å². The number of nitrogens with zero attached hydrogens (tertiary/aromatic N) is 1. The van der Waals surface area contributed by atoms with Crippen molar-refractivity contribution < 1.29 is 9.53 Å². The summed E-state index contributed by atoms with van der Waals surface area (Å²) in [6, 6.07) is 5.99. The molecule has 1 aromatic rings. The Bertz CT molecular complexity index is 499. The molecule has 4 nitrogen and oxygen atoms in total. The van der Waals surface area contributed by atoms with E-state index in [-0.39, 0.29) is 18.3 Å². The minimum atomic E-state index is -0.643. The van der Waals surface area contributed by atoms with Crippen molar-refractivity contribution in [2.24, 2.45) is 5.73 Å². The van der Waals surface area contributed by atoms with E-state index in [2.05, 4.69) is 6.07 Å². The highest BCUT2D eigenvalue weighted by atomic mass is 35.5. The largest absolute Gasteiger partial charge is 0.496 e. The number of amides is 1. The van der Waals surface area contributed by atoms with Crippen LogP contribution in [0.4, 0.5) is 0 Å². The molecule has 0 atom stereocenters. The Morgan fingerprint density at radius 3 is 2.52 bits per heavy atom. The summed E-state index contributed by atoms with van der Waals surface area (Å²) >= 11 is 0. The maximum Gasteiger partial charge on any atom is 0.242 e. The standard InChI is InChI=1S/C16H24N2O2.ClH/c1-12-10-13(6-7-14(12)20-3)11-18(2)15(19)16(17)8-4-5-9-16;/h6-7,10H,4-5,8-9,11,17H2,1-3H3;1H. The molecule has 0 aliphatic heterocycles. The summed E-state index contributed by atoms with van der Waals surface area (Å²) in [5, 5.41) is 0. The van der Waals surface area contributed by atoms with Crippen molar-refractivity contribution in [1.82, 2.24) is 4.90 Å². The number of ether oxygens (including phenoxy) is 1. The van der Waals surface area contributed by atoms with Crippen LogP contribution in [0.2, 0.25) is 0 Å². The van der Waals surface area contributed by atoms with E-state index in [1.54, 1.807) is 12.0 Å². The third-order valence-electron chi connectivity index (χ3n) is 4.15. The zero-order chi connectivity index (χ0) is 14.8. The fraction of sp³-hybridized carbons (Fsp3) is 0.562. The number of halogens is 1. The van der Waals surface area contributed by atoms with Gasteiger partial charge in [0, 0.05) is 13.6 Å². The SMILES string of the molecule is COc1ccc(CN(C)C(=O)C2(N)CCCC2)cc1C.Cl. The summed E-state index contributed by atoms with van der Waals surface area (Å²) in [6.45, 7) is 2.59. The molecule has 2 N–H and O–H groups in total. The molecule has 1 fully saturated rings. The number of nitrogens with two attached hydrogens (primary N) is 1. The second-order valence-corrected chi connectivity index (χ2v) is 5.83. The van der Waals surface area contributed by atoms with Crippen molar-refractivity contribution in [2.75, 3.05) is 14.2 Å². The highest BCUT2D eigenvalue weighted by molar-refractivity contribution is 5.86. The van der Waals surface area contributed by atoms with Gasteiger partial charge in [-0.1, -0.05) is 25.0 Å². The third-order valence-corrected chi connectivity index (χ3v) is 4.15. The zero-order valence-corrected chi connectivity index (χ0v) is 13.8. The molecule has 1 aliphatic rings. The van der Waals surface area contributed by atoms with Gasteiger partial charge in [-0.3, -0.25) is 4.79 Å². The Kier molecular flexibility index (Phi) is 6.05. The van der Waals surface area contributed by atoms with Crippen molar-refractivity contribution >= 4 is 18.3 Å². The predicted octanol–water partition coefficient (Wildman–Crippen LogP) is 2.66. The van der Waals surface area contributed by atoms with Gasteiger partial charge in [-0.2, -0.15) is 0 Å². The zero-order valence-electron chi connectivity index (χ0n) is 13.0. The molecule has 0 saturated heterocycles. The second kappa shape index (κ2) is 7.14. The third kappa shape index (κ3) is 3.89. The van der Waals surface area contributed by atoms with E-state index in [0.29, 0.717) is 6.54 Å². The fourth-order valence-electron chi connectivity index (χ4n) is 2.98. The lowest BCUT2D eigenvalue weighted by molar-refractivity contribution is -0.136. The van der Waals surface area contributed by atoms with Gasteiger partial charge in [-0.25, -0.2) is 0 Å². The van der Waals surface area contributed by atoms with E-state index in [0.717, 1.165) is 42.6 Å². The second-order valence-electron chi connectivity index (χ2n) is 5.83. The first-order valence-corrected chi connectivity index (χ1v) is 7.14. The van der Waals surface area contributed by atoms with Gasteiger partial charge in [-0.05, 0) is 37.0 Å². The Morgan fingerprint density at radius 2 is 2.00 bits per heavy atom. The van der Waals surface area contributed by atoms with Crippen molar-refractivity contribution in [3.8, 4) is 5.75 Å². The molecule has 1 aliphatic carbocycles. The highest BCUT2D eigenvalue weighted by Crippen LogP contribution is 2.29. The van der Waals surface area contributed by atoms with E-state index >= 15 is 0 Å². The lowest BCUT2D eigenvalue weighted by Gasteiger charge is -2.29. The molecule has 21 heavy (non-hydrogen) atoms. The van der Waals surface area contributed by atoms with Gasteiger partial charge in [0.2, 0.25) is 5.91 Å². The van der Waals surface area contributed by atoms with Gasteiger partial charge in [0.25, 0.3) is 0 Å². The molecule has 0 radical (unpaired) electrons. The molecule has 0 unspecified atom stereocenters. The van der Waals surface area contributed by atoms with Gasteiger partial charge in [-0.15, -0.1) is 12.4 Å². The topological polar surface area (TPSA) is 55.6 Å². The van der Waals surface area contributed by atoms with E-state index in [4.69, 9.17) is 10.5 Å². The monoisotopic (exact) mass is 312 g/mol. The van der Waals surface area contributed by atoms with Crippen LogP contribution < -0.4 is 10.5 Å². The van der Waals surface area contributed by atoms with E-state index < -0.39 is 5.54 Å². The summed E-state index contributed by atoms with van der Waals surface area (Å²) in [5.41, 5.74) is 7.75. The number of rotatable bonds is 4. The number of aryl methyl sites for hydroxylation is 1. The Hall–Kier alpha value is -1.26. The molecule has 1 aromatic carbocycles. The van der Waals surface area contributed by atoms with Crippen LogP contribution in [0.1, 0.15) is 36.8 Å². The minimum absolute atomic E-state index is 0. The van der Waals surface area contributed by atoms with Crippen molar-refractivity contribution in [1.29, 1.82) is 0 Å². The predicted molar refractivity (Wildman–Crippen MR) is 86.8 cm³/mol. The van der Waals surface area contributed by atoms with Crippen molar-refractivity contribution in [3.63, 3.8) is 0 Å². The summed E-state index contributed by atoms with van der Waals surface area (Å²) in [4.78, 5) is 14.2. The number of likely N-dealkylation sites (N-methyl/N-ethyl adjacent to an activating group) is 1. The van der Waals surface area contributed by atoms with E-state index in [9.17, 15) is 4.79 Å². The molecule has 2 rings (SSSR count). The van der Waals surface area contributed by atoms with Gasteiger partial charge < -0.3 is 15.4 Å². The van der Waals surface area contributed by atoms with Gasteiger partial charge in [0.1, 0.15) is 5.75 Å². The average molecular weight is 313 g/mol. The average Bonchev–Trinajstić information content (AvgIpc) is 2.86. The smallest absolute Gasteiger partial charge is 0.242 e. The number of methoxy groups -OCH3 is 1. The number of carbonyl (C=O) groups excluding carboxylic acids is 1. The molecular weight excluding hydrogens is 288 g/mol. The van der Waals surface area contributed by atoms with Crippen LogP contribution in [0.5, 0.6) is 5.75 Å². The maximum absolute atomic E-state index is 12.5. The number of carbonyl (C=O) groups is 1. The summed E-state index contributed by atoms with van der Waals surface area (Å²) < 4.78 is 5.25. The Morgan fingerprint density at radius 1 is 1.38 bits per heavy atom. The summed E-state index contributed by atoms with van der Waals surface area (Å²) in [7, 11) is 3.49. The molecule has 1 amide bonds. The van der Waals surface area contributed by atoms with Crippen LogP contribution in [-0.4, -0.2) is 30.5 Å². The first-order chi connectivity index (χ1) is 9.46. The van der Waals surface area contributed by atoms with Gasteiger partial charge >= 0.3 is 0 Å². The molecule has 1 saturated carbocycles. The molecule has 5 heteroatoms. The van der Waals surface area contributed by atoms with Crippen molar-refractivity contribution in [3.05, 3.63) is 29.3 Å². The van der Waals surface area contributed by atoms with Crippen LogP contribution in [0.25, 0.3) is 0 Å². The van der Waals surface area contributed by atoms with Crippen molar-refractivity contribution in [2.45, 2.75) is 44.7 Å². The minimum Gasteiger partial charge on any atom is -0.496 e. The Balaban J connectivity index is 0.00000220. The van der Waals surface area contributed by atoms with E-state index in [1.165, 1.54) is 0 Å². The van der Waals surface area contributed by atoms with Crippen LogP contribution in [0.15, 0.2) is 18.2 Å². The van der Waals surface area contributed by atoms with Crippen LogP contribution in [0.3, 0.4) is 0 Å². The van der Waals surface area contributed by atoms with Crippen LogP contribution in [0, 0.1) is 6.92 Å². The molecule has 0 spiro atoms.